The lowest BCUT2D eigenvalue weighted by Gasteiger charge is -2.05. The number of nitrogens with one attached hydrogen (secondary N) is 1. The lowest BCUT2D eigenvalue weighted by molar-refractivity contribution is 0.0956. The second kappa shape index (κ2) is 5.10. The highest BCUT2D eigenvalue weighted by molar-refractivity contribution is 7.20. The van der Waals surface area contributed by atoms with E-state index in [-0.39, 0.29) is 5.91 Å². The van der Waals surface area contributed by atoms with E-state index < -0.39 is 0 Å². The molecule has 1 N–H and O–H groups in total. The minimum absolute atomic E-state index is 0.0243. The largest absolute Gasteiger partial charge is 0.351 e. The number of carbonyl (C=O) groups excluding carboxylic acids is 1. The fraction of sp³-hybridized carbons (Fsp3) is 0.538. The van der Waals surface area contributed by atoms with Crippen LogP contribution < -0.4 is 5.32 Å². The van der Waals surface area contributed by atoms with Gasteiger partial charge < -0.3 is 5.32 Å². The van der Waals surface area contributed by atoms with Gasteiger partial charge in [-0.3, -0.25) is 9.48 Å². The summed E-state index contributed by atoms with van der Waals surface area (Å²) in [6.07, 6.45) is 1.01. The summed E-state index contributed by atoms with van der Waals surface area (Å²) in [6, 6.07) is 1.94. The monoisotopic (exact) mass is 265 g/mol. The van der Waals surface area contributed by atoms with E-state index in [2.05, 4.69) is 24.3 Å². The zero-order chi connectivity index (χ0) is 13.3. The summed E-state index contributed by atoms with van der Waals surface area (Å²) in [6.45, 7) is 7.01. The molecule has 4 nitrogen and oxygen atoms in total. The Hall–Kier alpha value is -1.36. The molecule has 0 aromatic carbocycles. The molecule has 0 saturated heterocycles. The number of nitrogens with zero attached hydrogens (tertiary/aromatic N) is 2. The average Bonchev–Trinajstić information content (AvgIpc) is 2.81. The van der Waals surface area contributed by atoms with E-state index in [4.69, 9.17) is 0 Å². The van der Waals surface area contributed by atoms with Crippen LogP contribution in [-0.4, -0.2) is 22.2 Å². The first-order valence-corrected chi connectivity index (χ1v) is 7.02. The minimum Gasteiger partial charge on any atom is -0.351 e. The molecule has 2 heterocycles. The Balaban J connectivity index is 2.11. The Morgan fingerprint density at radius 3 is 2.89 bits per heavy atom. The van der Waals surface area contributed by atoms with E-state index in [1.807, 2.05) is 24.7 Å². The lowest BCUT2D eigenvalue weighted by Crippen LogP contribution is -2.24. The van der Waals surface area contributed by atoms with E-state index in [9.17, 15) is 4.79 Å². The highest BCUT2D eigenvalue weighted by Crippen LogP contribution is 2.27. The Morgan fingerprint density at radius 2 is 2.28 bits per heavy atom. The van der Waals surface area contributed by atoms with Crippen molar-refractivity contribution < 1.29 is 4.79 Å². The molecule has 2 aromatic heterocycles. The molecule has 18 heavy (non-hydrogen) atoms. The Kier molecular flexibility index (Phi) is 3.71. The van der Waals surface area contributed by atoms with Crippen molar-refractivity contribution >= 4 is 27.5 Å². The summed E-state index contributed by atoms with van der Waals surface area (Å²) in [5, 5.41) is 8.37. The van der Waals surface area contributed by atoms with Crippen molar-refractivity contribution in [3.8, 4) is 0 Å². The number of fused-ring (bicyclic) bond motifs is 1. The van der Waals surface area contributed by atoms with Gasteiger partial charge in [0.25, 0.3) is 5.91 Å². The van der Waals surface area contributed by atoms with Crippen molar-refractivity contribution in [2.75, 3.05) is 6.54 Å². The molecular formula is C13H19N3OS. The smallest absolute Gasteiger partial charge is 0.261 e. The number of aryl methyl sites for hydroxylation is 2. The maximum absolute atomic E-state index is 12.0. The molecular weight excluding hydrogens is 246 g/mol. The van der Waals surface area contributed by atoms with Crippen molar-refractivity contribution in [1.29, 1.82) is 0 Å². The normalized spacial score (nSPS) is 11.4. The molecule has 0 bridgehead atoms. The molecule has 5 heteroatoms. The van der Waals surface area contributed by atoms with E-state index in [1.165, 1.54) is 11.3 Å². The van der Waals surface area contributed by atoms with Crippen LogP contribution in [0.15, 0.2) is 6.07 Å². The van der Waals surface area contributed by atoms with Crippen LogP contribution in [0.2, 0.25) is 0 Å². The predicted molar refractivity (Wildman–Crippen MR) is 75.1 cm³/mol. The van der Waals surface area contributed by atoms with E-state index in [1.54, 1.807) is 0 Å². The number of thiophene rings is 1. The summed E-state index contributed by atoms with van der Waals surface area (Å²) >= 11 is 1.50. The van der Waals surface area contributed by atoms with Gasteiger partial charge in [-0.05, 0) is 25.3 Å². The number of amides is 1. The van der Waals surface area contributed by atoms with Crippen molar-refractivity contribution in [3.05, 3.63) is 16.6 Å². The zero-order valence-corrected chi connectivity index (χ0v) is 12.1. The molecule has 0 aliphatic carbocycles. The third-order valence-corrected chi connectivity index (χ3v) is 4.13. The molecule has 0 atom stereocenters. The fourth-order valence-corrected chi connectivity index (χ4v) is 2.92. The van der Waals surface area contributed by atoms with Crippen LogP contribution in [0.3, 0.4) is 0 Å². The van der Waals surface area contributed by atoms with E-state index in [0.717, 1.165) is 33.8 Å². The Labute approximate surface area is 111 Å². The second-order valence-electron chi connectivity index (χ2n) is 4.98. The van der Waals surface area contributed by atoms with Gasteiger partial charge in [0.1, 0.15) is 4.83 Å². The molecule has 0 radical (unpaired) electrons. The summed E-state index contributed by atoms with van der Waals surface area (Å²) in [7, 11) is 1.91. The lowest BCUT2D eigenvalue weighted by atomic mass is 10.1. The molecule has 0 saturated carbocycles. The maximum atomic E-state index is 12.0. The van der Waals surface area contributed by atoms with Crippen LogP contribution in [-0.2, 0) is 7.05 Å². The average molecular weight is 265 g/mol. The Morgan fingerprint density at radius 1 is 1.56 bits per heavy atom. The fourth-order valence-electron chi connectivity index (χ4n) is 1.88. The quantitative estimate of drug-likeness (QED) is 0.924. The van der Waals surface area contributed by atoms with Gasteiger partial charge in [0.15, 0.2) is 0 Å². The van der Waals surface area contributed by atoms with E-state index >= 15 is 0 Å². The molecule has 98 valence electrons. The summed E-state index contributed by atoms with van der Waals surface area (Å²) in [5.41, 5.74) is 0.977. The van der Waals surface area contributed by atoms with Gasteiger partial charge in [0.2, 0.25) is 0 Å². The van der Waals surface area contributed by atoms with Crippen molar-refractivity contribution in [2.45, 2.75) is 27.2 Å². The summed E-state index contributed by atoms with van der Waals surface area (Å²) in [5.74, 6) is 0.635. The van der Waals surface area contributed by atoms with E-state index in [0.29, 0.717) is 5.92 Å². The van der Waals surface area contributed by atoms with Crippen LogP contribution in [0.4, 0.5) is 0 Å². The van der Waals surface area contributed by atoms with Gasteiger partial charge in [0, 0.05) is 19.0 Å². The maximum Gasteiger partial charge on any atom is 0.261 e. The van der Waals surface area contributed by atoms with Crippen LogP contribution in [0.5, 0.6) is 0 Å². The van der Waals surface area contributed by atoms with Gasteiger partial charge in [-0.2, -0.15) is 5.10 Å². The number of hydrogen-bond donors (Lipinski definition) is 1. The molecule has 2 rings (SSSR count). The molecule has 0 aliphatic rings. The molecule has 0 aliphatic heterocycles. The Bertz CT molecular complexity index is 534. The highest BCUT2D eigenvalue weighted by Gasteiger charge is 2.14. The number of aromatic nitrogens is 2. The molecule has 0 fully saturated rings. The first-order chi connectivity index (χ1) is 8.49. The number of carbonyl (C=O) groups is 1. The first-order valence-electron chi connectivity index (χ1n) is 6.20. The zero-order valence-electron chi connectivity index (χ0n) is 11.3. The highest BCUT2D eigenvalue weighted by atomic mass is 32.1. The molecule has 2 aromatic rings. The minimum atomic E-state index is 0.0243. The number of hydrogen-bond acceptors (Lipinski definition) is 3. The third-order valence-electron chi connectivity index (χ3n) is 2.93. The van der Waals surface area contributed by atoms with Crippen LogP contribution in [0.1, 0.15) is 35.6 Å². The van der Waals surface area contributed by atoms with Gasteiger partial charge in [-0.1, -0.05) is 13.8 Å². The van der Waals surface area contributed by atoms with Gasteiger partial charge >= 0.3 is 0 Å². The number of rotatable bonds is 4. The molecule has 1 amide bonds. The van der Waals surface area contributed by atoms with Crippen molar-refractivity contribution in [3.63, 3.8) is 0 Å². The molecule has 0 spiro atoms. The van der Waals surface area contributed by atoms with Gasteiger partial charge in [0.05, 0.1) is 10.6 Å². The first kappa shape index (κ1) is 13.1. The second-order valence-corrected chi connectivity index (χ2v) is 6.01. The molecule has 0 unspecified atom stereocenters. The predicted octanol–water partition coefficient (Wildman–Crippen LogP) is 2.72. The van der Waals surface area contributed by atoms with Crippen molar-refractivity contribution in [1.82, 2.24) is 15.1 Å². The van der Waals surface area contributed by atoms with Crippen LogP contribution >= 0.6 is 11.3 Å². The van der Waals surface area contributed by atoms with Gasteiger partial charge in [-0.15, -0.1) is 11.3 Å². The SMILES string of the molecule is Cc1nn(C)c2sc(C(=O)NCCC(C)C)cc12. The standard InChI is InChI=1S/C13H19N3OS/c1-8(2)5-6-14-12(17)11-7-10-9(3)15-16(4)13(10)18-11/h7-8H,5-6H2,1-4H3,(H,14,17). The van der Waals surface area contributed by atoms with Crippen LogP contribution in [0, 0.1) is 12.8 Å². The summed E-state index contributed by atoms with van der Waals surface area (Å²) < 4.78 is 1.83. The summed E-state index contributed by atoms with van der Waals surface area (Å²) in [4.78, 5) is 13.8. The van der Waals surface area contributed by atoms with Crippen molar-refractivity contribution in [2.24, 2.45) is 13.0 Å². The topological polar surface area (TPSA) is 46.9 Å². The van der Waals surface area contributed by atoms with Gasteiger partial charge in [-0.25, -0.2) is 0 Å². The third kappa shape index (κ3) is 2.56. The van der Waals surface area contributed by atoms with Crippen LogP contribution in [0.25, 0.3) is 10.2 Å².